The van der Waals surface area contributed by atoms with E-state index < -0.39 is 11.7 Å². The molecule has 28 heavy (non-hydrogen) atoms. The summed E-state index contributed by atoms with van der Waals surface area (Å²) in [5.74, 6) is -0.994. The van der Waals surface area contributed by atoms with Crippen LogP contribution in [-0.2, 0) is 16.1 Å². The summed E-state index contributed by atoms with van der Waals surface area (Å²) in [6, 6.07) is 7.42. The molecule has 0 aliphatic carbocycles. The number of carbonyl (C=O) groups is 3. The van der Waals surface area contributed by atoms with E-state index >= 15 is 0 Å². The summed E-state index contributed by atoms with van der Waals surface area (Å²) in [5, 5.41) is 0.708. The summed E-state index contributed by atoms with van der Waals surface area (Å²) in [6.07, 6.45) is 3.48. The van der Waals surface area contributed by atoms with Crippen molar-refractivity contribution in [2.45, 2.75) is 47.1 Å². The highest BCUT2D eigenvalue weighted by Crippen LogP contribution is 2.23. The number of unbranched alkanes of at least 4 members (excludes halogenated alkanes) is 1. The third-order valence-corrected chi connectivity index (χ3v) is 5.10. The molecular formula is C22H31N3O3. The van der Waals surface area contributed by atoms with Gasteiger partial charge >= 0.3 is 0 Å². The number of para-hydroxylation sites is 1. The Morgan fingerprint density at radius 2 is 1.57 bits per heavy atom. The van der Waals surface area contributed by atoms with Gasteiger partial charge in [0, 0.05) is 43.3 Å². The van der Waals surface area contributed by atoms with Crippen molar-refractivity contribution in [3.05, 3.63) is 36.0 Å². The van der Waals surface area contributed by atoms with Crippen molar-refractivity contribution < 1.29 is 14.4 Å². The number of amides is 2. The van der Waals surface area contributed by atoms with Gasteiger partial charge in [0.15, 0.2) is 0 Å². The molecule has 0 spiro atoms. The number of likely N-dealkylation sites (N-methyl/N-ethyl adjacent to an activating group) is 2. The first-order chi connectivity index (χ1) is 13.5. The van der Waals surface area contributed by atoms with Gasteiger partial charge < -0.3 is 14.4 Å². The van der Waals surface area contributed by atoms with Crippen molar-refractivity contribution in [2.75, 3.05) is 26.2 Å². The molecule has 0 saturated carbocycles. The van der Waals surface area contributed by atoms with Gasteiger partial charge in [0.25, 0.3) is 11.7 Å². The summed E-state index contributed by atoms with van der Waals surface area (Å²) in [6.45, 7) is 10.3. The number of ketones is 1. The molecule has 1 aromatic carbocycles. The molecule has 6 heteroatoms. The standard InChI is InChI=1S/C22H31N3O3/c1-5-9-14-24(8-4)22(28)21(27)18-15-25(16-20(26)23(6-2)7-3)19-13-11-10-12-17(18)19/h10-13,15H,5-9,14,16H2,1-4H3. The van der Waals surface area contributed by atoms with Crippen LogP contribution in [0.25, 0.3) is 10.9 Å². The second kappa shape index (κ2) is 10.1. The van der Waals surface area contributed by atoms with Gasteiger partial charge in [-0.1, -0.05) is 31.5 Å². The Labute approximate surface area is 167 Å². The summed E-state index contributed by atoms with van der Waals surface area (Å²) in [4.78, 5) is 41.6. The van der Waals surface area contributed by atoms with Crippen molar-refractivity contribution in [3.8, 4) is 0 Å². The molecule has 0 bridgehead atoms. The number of hydrogen-bond donors (Lipinski definition) is 0. The minimum Gasteiger partial charge on any atom is -0.342 e. The van der Waals surface area contributed by atoms with Crippen molar-refractivity contribution in [1.29, 1.82) is 0 Å². The van der Waals surface area contributed by atoms with Crippen molar-refractivity contribution in [1.82, 2.24) is 14.4 Å². The average Bonchev–Trinajstić information content (AvgIpc) is 3.07. The quantitative estimate of drug-likeness (QED) is 0.465. The number of nitrogens with zero attached hydrogens (tertiary/aromatic N) is 3. The highest BCUT2D eigenvalue weighted by molar-refractivity contribution is 6.44. The first-order valence-corrected chi connectivity index (χ1v) is 10.2. The Bertz CT molecular complexity index is 837. The lowest BCUT2D eigenvalue weighted by molar-refractivity contribution is -0.131. The molecule has 2 amide bonds. The smallest absolute Gasteiger partial charge is 0.295 e. The maximum Gasteiger partial charge on any atom is 0.295 e. The van der Waals surface area contributed by atoms with Gasteiger partial charge in [-0.2, -0.15) is 0 Å². The van der Waals surface area contributed by atoms with Gasteiger partial charge in [-0.15, -0.1) is 0 Å². The zero-order valence-electron chi connectivity index (χ0n) is 17.4. The first kappa shape index (κ1) is 21.7. The number of Topliss-reactive ketones (excluding diaryl/α,β-unsaturated/α-hetero) is 1. The van der Waals surface area contributed by atoms with Crippen LogP contribution >= 0.6 is 0 Å². The van der Waals surface area contributed by atoms with E-state index in [1.165, 1.54) is 0 Å². The highest BCUT2D eigenvalue weighted by Gasteiger charge is 2.26. The second-order valence-corrected chi connectivity index (χ2v) is 6.82. The molecule has 1 aromatic heterocycles. The van der Waals surface area contributed by atoms with Crippen LogP contribution < -0.4 is 0 Å². The molecule has 1 heterocycles. The maximum absolute atomic E-state index is 13.0. The monoisotopic (exact) mass is 385 g/mol. The molecule has 6 nitrogen and oxygen atoms in total. The fourth-order valence-corrected chi connectivity index (χ4v) is 3.39. The SMILES string of the molecule is CCCCN(CC)C(=O)C(=O)c1cn(CC(=O)N(CC)CC)c2ccccc12. The normalized spacial score (nSPS) is 10.9. The minimum absolute atomic E-state index is 0.00536. The fourth-order valence-electron chi connectivity index (χ4n) is 3.39. The van der Waals surface area contributed by atoms with Gasteiger partial charge in [0.2, 0.25) is 5.91 Å². The Morgan fingerprint density at radius 3 is 2.18 bits per heavy atom. The third kappa shape index (κ3) is 4.61. The second-order valence-electron chi connectivity index (χ2n) is 6.82. The van der Waals surface area contributed by atoms with E-state index in [2.05, 4.69) is 6.92 Å². The molecule has 0 fully saturated rings. The highest BCUT2D eigenvalue weighted by atomic mass is 16.2. The first-order valence-electron chi connectivity index (χ1n) is 10.2. The predicted octanol–water partition coefficient (Wildman–Crippen LogP) is 3.34. The molecule has 0 N–H and O–H groups in total. The molecule has 2 rings (SSSR count). The zero-order chi connectivity index (χ0) is 20.7. The average molecular weight is 386 g/mol. The van der Waals surface area contributed by atoms with E-state index in [1.54, 1.807) is 20.6 Å². The van der Waals surface area contributed by atoms with E-state index in [-0.39, 0.29) is 12.5 Å². The van der Waals surface area contributed by atoms with Gasteiger partial charge in [0.1, 0.15) is 6.54 Å². The molecule has 0 aliphatic rings. The number of benzene rings is 1. The van der Waals surface area contributed by atoms with E-state index in [0.29, 0.717) is 37.1 Å². The number of hydrogen-bond acceptors (Lipinski definition) is 3. The van der Waals surface area contributed by atoms with Gasteiger partial charge in [0.05, 0.1) is 5.56 Å². The molecule has 0 aliphatic heterocycles. The van der Waals surface area contributed by atoms with E-state index in [4.69, 9.17) is 0 Å². The van der Waals surface area contributed by atoms with Crippen molar-refractivity contribution >= 4 is 28.5 Å². The predicted molar refractivity (Wildman–Crippen MR) is 111 cm³/mol. The van der Waals surface area contributed by atoms with Crippen LogP contribution in [0.1, 0.15) is 50.9 Å². The molecule has 0 unspecified atom stereocenters. The lowest BCUT2D eigenvalue weighted by Gasteiger charge is -2.19. The number of aromatic nitrogens is 1. The lowest BCUT2D eigenvalue weighted by Crippen LogP contribution is -2.37. The lowest BCUT2D eigenvalue weighted by atomic mass is 10.1. The van der Waals surface area contributed by atoms with Crippen LogP contribution in [-0.4, -0.2) is 58.1 Å². The Kier molecular flexibility index (Phi) is 7.79. The number of fused-ring (bicyclic) bond motifs is 1. The molecule has 0 saturated heterocycles. The van der Waals surface area contributed by atoms with Gasteiger partial charge in [-0.05, 0) is 33.3 Å². The maximum atomic E-state index is 13.0. The molecular weight excluding hydrogens is 354 g/mol. The summed E-state index contributed by atoms with van der Waals surface area (Å²) in [7, 11) is 0. The van der Waals surface area contributed by atoms with Crippen LogP contribution in [0.4, 0.5) is 0 Å². The summed E-state index contributed by atoms with van der Waals surface area (Å²) in [5.41, 5.74) is 1.15. The fraction of sp³-hybridized carbons (Fsp3) is 0.500. The largest absolute Gasteiger partial charge is 0.342 e. The van der Waals surface area contributed by atoms with E-state index in [9.17, 15) is 14.4 Å². The molecule has 2 aromatic rings. The topological polar surface area (TPSA) is 62.6 Å². The molecule has 152 valence electrons. The number of rotatable bonds is 10. The minimum atomic E-state index is -0.511. The van der Waals surface area contributed by atoms with Crippen LogP contribution in [0, 0.1) is 0 Å². The van der Waals surface area contributed by atoms with Crippen LogP contribution in [0.2, 0.25) is 0 Å². The Hall–Kier alpha value is -2.63. The van der Waals surface area contributed by atoms with Crippen LogP contribution in [0.3, 0.4) is 0 Å². The van der Waals surface area contributed by atoms with Crippen LogP contribution in [0.5, 0.6) is 0 Å². The third-order valence-electron chi connectivity index (χ3n) is 5.10. The van der Waals surface area contributed by atoms with Gasteiger partial charge in [-0.3, -0.25) is 14.4 Å². The summed E-state index contributed by atoms with van der Waals surface area (Å²) < 4.78 is 1.78. The Balaban J connectivity index is 2.36. The van der Waals surface area contributed by atoms with Crippen LogP contribution in [0.15, 0.2) is 30.5 Å². The van der Waals surface area contributed by atoms with E-state index in [0.717, 1.165) is 18.4 Å². The van der Waals surface area contributed by atoms with Crippen molar-refractivity contribution in [2.24, 2.45) is 0 Å². The Morgan fingerprint density at radius 1 is 0.929 bits per heavy atom. The molecule has 0 atom stereocenters. The molecule has 0 radical (unpaired) electrons. The number of carbonyl (C=O) groups excluding carboxylic acids is 3. The van der Waals surface area contributed by atoms with E-state index in [1.807, 2.05) is 45.0 Å². The summed E-state index contributed by atoms with van der Waals surface area (Å²) >= 11 is 0. The van der Waals surface area contributed by atoms with Gasteiger partial charge in [-0.25, -0.2) is 0 Å². The van der Waals surface area contributed by atoms with Crippen molar-refractivity contribution in [3.63, 3.8) is 0 Å². The zero-order valence-corrected chi connectivity index (χ0v) is 17.4.